The highest BCUT2D eigenvalue weighted by Gasteiger charge is 2.40. The lowest BCUT2D eigenvalue weighted by Crippen LogP contribution is -2.66. The van der Waals surface area contributed by atoms with Gasteiger partial charge in [-0.15, -0.1) is 24.0 Å². The van der Waals surface area contributed by atoms with Crippen LogP contribution in [-0.2, 0) is 22.7 Å². The highest BCUT2D eigenvalue weighted by atomic mass is 127. The monoisotopic (exact) mass is 520 g/mol. The van der Waals surface area contributed by atoms with E-state index >= 15 is 0 Å². The van der Waals surface area contributed by atoms with Gasteiger partial charge in [0.25, 0.3) is 0 Å². The predicted octanol–water partition coefficient (Wildman–Crippen LogP) is 2.72. The lowest BCUT2D eigenvalue weighted by Gasteiger charge is -2.49. The van der Waals surface area contributed by atoms with Crippen LogP contribution in [0.25, 0.3) is 0 Å². The van der Waals surface area contributed by atoms with Gasteiger partial charge in [0.1, 0.15) is 11.6 Å². The van der Waals surface area contributed by atoms with Crippen LogP contribution in [0.5, 0.6) is 5.75 Å². The van der Waals surface area contributed by atoms with Crippen molar-refractivity contribution in [1.29, 1.82) is 0 Å². The molecule has 0 atom stereocenters. The molecule has 0 radical (unpaired) electrons. The summed E-state index contributed by atoms with van der Waals surface area (Å²) >= 11 is 0. The van der Waals surface area contributed by atoms with Crippen molar-refractivity contribution in [2.45, 2.75) is 52.4 Å². The Bertz CT molecular complexity index is 785. The number of carbonyl (C=O) groups is 1. The number of amides is 1. The van der Waals surface area contributed by atoms with E-state index in [0.717, 1.165) is 0 Å². The number of benzene rings is 1. The lowest BCUT2D eigenvalue weighted by atomic mass is 9.96. The molecule has 2 heterocycles. The van der Waals surface area contributed by atoms with Crippen LogP contribution in [-0.4, -0.2) is 60.2 Å². The first-order valence-corrected chi connectivity index (χ1v) is 9.52. The fourth-order valence-corrected chi connectivity index (χ4v) is 4.21. The van der Waals surface area contributed by atoms with E-state index in [4.69, 9.17) is 9.47 Å². The predicted molar refractivity (Wildman–Crippen MR) is 120 cm³/mol. The van der Waals surface area contributed by atoms with Crippen LogP contribution in [0.2, 0.25) is 0 Å². The Labute approximate surface area is 188 Å². The molecule has 2 aliphatic heterocycles. The molecule has 0 saturated carbocycles. The van der Waals surface area contributed by atoms with Crippen LogP contribution in [0.15, 0.2) is 17.1 Å². The molecule has 1 aromatic rings. The Balaban J connectivity index is 0.00000300. The zero-order valence-electron chi connectivity index (χ0n) is 17.6. The Morgan fingerprint density at radius 2 is 2.10 bits per heavy atom. The molecule has 0 bridgehead atoms. The number of piperazine rings is 1. The topological polar surface area (TPSA) is 66.4 Å². The number of hydrogen-bond donors (Lipinski definition) is 1. The number of nitrogens with zero attached hydrogens (tertiary/aromatic N) is 3. The van der Waals surface area contributed by atoms with Crippen molar-refractivity contribution >= 4 is 35.8 Å². The molecule has 0 unspecified atom stereocenters. The van der Waals surface area contributed by atoms with Crippen LogP contribution < -0.4 is 10.1 Å². The lowest BCUT2D eigenvalue weighted by molar-refractivity contribution is -0.145. The fraction of sp³-hybridized carbons (Fsp3) is 0.600. The molecule has 1 amide bonds. The van der Waals surface area contributed by atoms with Crippen molar-refractivity contribution < 1.29 is 18.7 Å². The van der Waals surface area contributed by atoms with Crippen molar-refractivity contribution in [2.75, 3.05) is 26.9 Å². The molecule has 9 heteroatoms. The number of carbonyl (C=O) groups excluding carboxylic acids is 1. The number of ether oxygens (including phenoxy) is 2. The van der Waals surface area contributed by atoms with Gasteiger partial charge in [0, 0.05) is 37.3 Å². The summed E-state index contributed by atoms with van der Waals surface area (Å²) in [4.78, 5) is 20.9. The summed E-state index contributed by atoms with van der Waals surface area (Å²) in [5, 5.41) is 3.25. The van der Waals surface area contributed by atoms with E-state index in [2.05, 4.69) is 24.2 Å². The molecule has 1 aromatic carbocycles. The summed E-state index contributed by atoms with van der Waals surface area (Å²) in [6.07, 6.45) is 0. The van der Waals surface area contributed by atoms with Crippen LogP contribution in [0.3, 0.4) is 0 Å². The van der Waals surface area contributed by atoms with Crippen LogP contribution in [0, 0.1) is 5.82 Å². The minimum atomic E-state index is -0.332. The molecule has 29 heavy (non-hydrogen) atoms. The standard InChI is InChI=1S/C20H29FN4O3.HI/c1-13(2)25-17(26)9-24(11-20(25,3)4)19(22-5)23-8-14-6-16(21)7-15-10-27-12-28-18(14)15;/h6-7,13H,8-12H2,1-5H3,(H,22,23);1H. The highest BCUT2D eigenvalue weighted by molar-refractivity contribution is 14.0. The Morgan fingerprint density at radius 3 is 2.72 bits per heavy atom. The maximum Gasteiger partial charge on any atom is 0.242 e. The smallest absolute Gasteiger partial charge is 0.242 e. The van der Waals surface area contributed by atoms with Crippen LogP contribution in [0.1, 0.15) is 38.8 Å². The number of aliphatic imine (C=N–C) groups is 1. The maximum absolute atomic E-state index is 14.0. The third-order valence-corrected chi connectivity index (χ3v) is 5.04. The number of nitrogens with one attached hydrogen (secondary N) is 1. The summed E-state index contributed by atoms with van der Waals surface area (Å²) < 4.78 is 24.8. The SMILES string of the molecule is CN=C(NCc1cc(F)cc2c1OCOC2)N1CC(=O)N(C(C)C)C(C)(C)C1.I. The zero-order valence-corrected chi connectivity index (χ0v) is 20.0. The van der Waals surface area contributed by atoms with E-state index in [9.17, 15) is 9.18 Å². The van der Waals surface area contributed by atoms with Gasteiger partial charge in [-0.25, -0.2) is 4.39 Å². The van der Waals surface area contributed by atoms with Crippen molar-refractivity contribution in [1.82, 2.24) is 15.1 Å². The van der Waals surface area contributed by atoms with Crippen LogP contribution >= 0.6 is 24.0 Å². The number of fused-ring (bicyclic) bond motifs is 1. The molecule has 3 rings (SSSR count). The largest absolute Gasteiger partial charge is 0.467 e. The molecule has 7 nitrogen and oxygen atoms in total. The van der Waals surface area contributed by atoms with Gasteiger partial charge >= 0.3 is 0 Å². The van der Waals surface area contributed by atoms with Gasteiger partial charge < -0.3 is 24.6 Å². The molecule has 1 N–H and O–H groups in total. The second kappa shape index (κ2) is 9.46. The summed E-state index contributed by atoms with van der Waals surface area (Å²) in [7, 11) is 1.68. The minimum absolute atomic E-state index is 0. The van der Waals surface area contributed by atoms with Crippen molar-refractivity contribution in [3.05, 3.63) is 29.1 Å². The Kier molecular flexibility index (Phi) is 7.72. The summed E-state index contributed by atoms with van der Waals surface area (Å²) in [6.45, 7) is 9.90. The van der Waals surface area contributed by atoms with Gasteiger partial charge in [-0.2, -0.15) is 0 Å². The van der Waals surface area contributed by atoms with E-state index in [0.29, 0.717) is 42.5 Å². The summed E-state index contributed by atoms with van der Waals surface area (Å²) in [6, 6.07) is 3.02. The molecular formula is C20H30FIN4O3. The number of hydrogen-bond acceptors (Lipinski definition) is 4. The number of rotatable bonds is 3. The van der Waals surface area contributed by atoms with E-state index in [1.807, 2.05) is 23.6 Å². The summed E-state index contributed by atoms with van der Waals surface area (Å²) in [5.41, 5.74) is 1.07. The van der Waals surface area contributed by atoms with Gasteiger partial charge in [-0.05, 0) is 39.8 Å². The molecule has 0 aromatic heterocycles. The number of guanidine groups is 1. The van der Waals surface area contributed by atoms with E-state index in [-0.39, 0.29) is 60.6 Å². The van der Waals surface area contributed by atoms with Crippen molar-refractivity contribution in [2.24, 2.45) is 4.99 Å². The highest BCUT2D eigenvalue weighted by Crippen LogP contribution is 2.29. The van der Waals surface area contributed by atoms with Gasteiger partial charge in [-0.1, -0.05) is 0 Å². The normalized spacial score (nSPS) is 18.9. The quantitative estimate of drug-likeness (QED) is 0.378. The molecule has 2 aliphatic rings. The molecule has 0 spiro atoms. The van der Waals surface area contributed by atoms with Gasteiger partial charge in [-0.3, -0.25) is 9.79 Å². The van der Waals surface area contributed by atoms with Gasteiger partial charge in [0.2, 0.25) is 5.91 Å². The maximum atomic E-state index is 14.0. The first kappa shape index (κ1) is 23.7. The summed E-state index contributed by atoms with van der Waals surface area (Å²) in [5.74, 6) is 0.992. The van der Waals surface area contributed by atoms with E-state index < -0.39 is 0 Å². The molecule has 1 saturated heterocycles. The zero-order chi connectivity index (χ0) is 20.5. The third-order valence-electron chi connectivity index (χ3n) is 5.04. The van der Waals surface area contributed by atoms with E-state index in [1.165, 1.54) is 12.1 Å². The second-order valence-electron chi connectivity index (χ2n) is 8.09. The first-order chi connectivity index (χ1) is 13.2. The van der Waals surface area contributed by atoms with Gasteiger partial charge in [0.05, 0.1) is 18.7 Å². The average molecular weight is 520 g/mol. The van der Waals surface area contributed by atoms with Crippen LogP contribution in [0.4, 0.5) is 4.39 Å². The Morgan fingerprint density at radius 1 is 1.38 bits per heavy atom. The third kappa shape index (κ3) is 5.11. The number of halogens is 2. The van der Waals surface area contributed by atoms with Crippen molar-refractivity contribution in [3.8, 4) is 5.75 Å². The minimum Gasteiger partial charge on any atom is -0.467 e. The molecular weight excluding hydrogens is 490 g/mol. The molecule has 0 aliphatic carbocycles. The average Bonchev–Trinajstić information content (AvgIpc) is 2.60. The second-order valence-corrected chi connectivity index (χ2v) is 8.09. The van der Waals surface area contributed by atoms with Gasteiger partial charge in [0.15, 0.2) is 12.8 Å². The van der Waals surface area contributed by atoms with Crippen molar-refractivity contribution in [3.63, 3.8) is 0 Å². The molecule has 1 fully saturated rings. The van der Waals surface area contributed by atoms with E-state index in [1.54, 1.807) is 7.05 Å². The Hall–Kier alpha value is -1.62. The molecule has 162 valence electrons. The fourth-order valence-electron chi connectivity index (χ4n) is 4.21. The first-order valence-electron chi connectivity index (χ1n) is 9.52.